The summed E-state index contributed by atoms with van der Waals surface area (Å²) in [4.78, 5) is 15.1. The molecule has 4 heteroatoms. The Hall–Kier alpha value is -2.62. The number of nitrogens with one attached hydrogen (secondary N) is 2. The summed E-state index contributed by atoms with van der Waals surface area (Å²) >= 11 is 0. The van der Waals surface area contributed by atoms with Crippen molar-refractivity contribution in [3.63, 3.8) is 0 Å². The molecule has 2 N–H and O–H groups in total. The number of halogens is 1. The Bertz CT molecular complexity index is 790. The van der Waals surface area contributed by atoms with Gasteiger partial charge in [-0.2, -0.15) is 0 Å². The van der Waals surface area contributed by atoms with Crippen LogP contribution in [0, 0.1) is 5.82 Å². The summed E-state index contributed by atoms with van der Waals surface area (Å²) in [7, 11) is 0. The van der Waals surface area contributed by atoms with Gasteiger partial charge in [0.15, 0.2) is 0 Å². The van der Waals surface area contributed by atoms with Crippen LogP contribution in [0.3, 0.4) is 0 Å². The Labute approximate surface area is 121 Å². The van der Waals surface area contributed by atoms with E-state index in [9.17, 15) is 9.18 Å². The van der Waals surface area contributed by atoms with Crippen LogP contribution in [0.2, 0.25) is 0 Å². The first-order valence-electron chi connectivity index (χ1n) is 6.84. The van der Waals surface area contributed by atoms with Crippen LogP contribution in [0.1, 0.15) is 17.3 Å². The third-order valence-corrected chi connectivity index (χ3v) is 3.44. The van der Waals surface area contributed by atoms with E-state index in [0.717, 1.165) is 22.0 Å². The molecular weight excluding hydrogens is 267 g/mol. The van der Waals surface area contributed by atoms with Crippen LogP contribution in [0.15, 0.2) is 48.7 Å². The molecule has 3 rings (SSSR count). The normalized spacial score (nSPS) is 10.8. The molecule has 0 radical (unpaired) electrons. The molecule has 1 amide bonds. The molecule has 0 saturated carbocycles. The van der Waals surface area contributed by atoms with Crippen LogP contribution < -0.4 is 5.32 Å². The largest absolute Gasteiger partial charge is 0.360 e. The van der Waals surface area contributed by atoms with Crippen LogP contribution >= 0.6 is 0 Å². The van der Waals surface area contributed by atoms with Gasteiger partial charge >= 0.3 is 0 Å². The van der Waals surface area contributed by atoms with Gasteiger partial charge < -0.3 is 10.3 Å². The van der Waals surface area contributed by atoms with Gasteiger partial charge in [-0.3, -0.25) is 4.79 Å². The average Bonchev–Trinajstić information content (AvgIpc) is 2.91. The van der Waals surface area contributed by atoms with Crippen molar-refractivity contribution in [1.82, 2.24) is 10.3 Å². The predicted octanol–water partition coefficient (Wildman–Crippen LogP) is 3.72. The molecule has 106 valence electrons. The van der Waals surface area contributed by atoms with E-state index in [1.54, 1.807) is 18.3 Å². The van der Waals surface area contributed by atoms with Crippen molar-refractivity contribution in [2.45, 2.75) is 6.92 Å². The smallest absolute Gasteiger partial charge is 0.253 e. The molecule has 0 unspecified atom stereocenters. The lowest BCUT2D eigenvalue weighted by atomic mass is 10.0. The van der Waals surface area contributed by atoms with E-state index in [0.29, 0.717) is 12.1 Å². The standard InChI is InChI=1S/C17H15FN2O/c1-2-19-17(21)15-10-20-16-8-5-12(9-14(15)16)11-3-6-13(18)7-4-11/h3-10,20H,2H2,1H3,(H,19,21). The highest BCUT2D eigenvalue weighted by molar-refractivity contribution is 6.07. The first-order chi connectivity index (χ1) is 10.2. The zero-order chi connectivity index (χ0) is 14.8. The fourth-order valence-electron chi connectivity index (χ4n) is 2.39. The minimum Gasteiger partial charge on any atom is -0.360 e. The quantitative estimate of drug-likeness (QED) is 0.755. The van der Waals surface area contributed by atoms with Crippen molar-refractivity contribution in [3.05, 3.63) is 60.0 Å². The maximum absolute atomic E-state index is 13.0. The Morgan fingerprint density at radius 3 is 2.57 bits per heavy atom. The van der Waals surface area contributed by atoms with E-state index in [1.807, 2.05) is 25.1 Å². The average molecular weight is 282 g/mol. The van der Waals surface area contributed by atoms with Gasteiger partial charge in [0.2, 0.25) is 0 Å². The monoisotopic (exact) mass is 282 g/mol. The second-order valence-corrected chi connectivity index (χ2v) is 4.83. The van der Waals surface area contributed by atoms with Gasteiger partial charge in [-0.05, 0) is 42.3 Å². The highest BCUT2D eigenvalue weighted by atomic mass is 19.1. The van der Waals surface area contributed by atoms with Gasteiger partial charge in [-0.1, -0.05) is 18.2 Å². The number of fused-ring (bicyclic) bond motifs is 1. The summed E-state index contributed by atoms with van der Waals surface area (Å²) in [6.07, 6.45) is 1.71. The van der Waals surface area contributed by atoms with Gasteiger partial charge in [0.1, 0.15) is 5.82 Å². The molecule has 0 aliphatic heterocycles. The molecule has 0 saturated heterocycles. The number of rotatable bonds is 3. The van der Waals surface area contributed by atoms with E-state index in [-0.39, 0.29) is 11.7 Å². The van der Waals surface area contributed by atoms with E-state index in [2.05, 4.69) is 10.3 Å². The SMILES string of the molecule is CCNC(=O)c1c[nH]c2ccc(-c3ccc(F)cc3)cc12. The van der Waals surface area contributed by atoms with Crippen molar-refractivity contribution in [2.24, 2.45) is 0 Å². The van der Waals surface area contributed by atoms with Crippen molar-refractivity contribution in [3.8, 4) is 11.1 Å². The number of benzene rings is 2. The maximum Gasteiger partial charge on any atom is 0.253 e. The summed E-state index contributed by atoms with van der Waals surface area (Å²) in [6.45, 7) is 2.47. The molecule has 0 fully saturated rings. The van der Waals surface area contributed by atoms with Crippen molar-refractivity contribution in [1.29, 1.82) is 0 Å². The maximum atomic E-state index is 13.0. The first-order valence-corrected chi connectivity index (χ1v) is 6.84. The summed E-state index contributed by atoms with van der Waals surface area (Å²) < 4.78 is 13.0. The Morgan fingerprint density at radius 1 is 1.14 bits per heavy atom. The van der Waals surface area contributed by atoms with Crippen molar-refractivity contribution < 1.29 is 9.18 Å². The highest BCUT2D eigenvalue weighted by Crippen LogP contribution is 2.26. The molecule has 0 aliphatic rings. The zero-order valence-corrected chi connectivity index (χ0v) is 11.6. The molecule has 0 bridgehead atoms. The Balaban J connectivity index is 2.08. The molecule has 0 aliphatic carbocycles. The lowest BCUT2D eigenvalue weighted by Crippen LogP contribution is -2.22. The molecule has 0 atom stereocenters. The third kappa shape index (κ3) is 2.52. The minimum absolute atomic E-state index is 0.0972. The number of hydrogen-bond donors (Lipinski definition) is 2. The minimum atomic E-state index is -0.260. The highest BCUT2D eigenvalue weighted by Gasteiger charge is 2.12. The van der Waals surface area contributed by atoms with E-state index >= 15 is 0 Å². The second kappa shape index (κ2) is 5.40. The molecule has 21 heavy (non-hydrogen) atoms. The van der Waals surface area contributed by atoms with Crippen LogP contribution in [0.25, 0.3) is 22.0 Å². The lowest BCUT2D eigenvalue weighted by Gasteiger charge is -2.04. The predicted molar refractivity (Wildman–Crippen MR) is 81.7 cm³/mol. The molecule has 2 aromatic carbocycles. The third-order valence-electron chi connectivity index (χ3n) is 3.44. The number of hydrogen-bond acceptors (Lipinski definition) is 1. The number of amides is 1. The summed E-state index contributed by atoms with van der Waals surface area (Å²) in [5.41, 5.74) is 3.40. The number of carbonyl (C=O) groups is 1. The topological polar surface area (TPSA) is 44.9 Å². The van der Waals surface area contributed by atoms with Crippen LogP contribution in [-0.4, -0.2) is 17.4 Å². The molecule has 1 heterocycles. The lowest BCUT2D eigenvalue weighted by molar-refractivity contribution is 0.0957. The molecule has 3 nitrogen and oxygen atoms in total. The second-order valence-electron chi connectivity index (χ2n) is 4.83. The summed E-state index contributed by atoms with van der Waals surface area (Å²) in [5.74, 6) is -0.357. The zero-order valence-electron chi connectivity index (χ0n) is 11.6. The van der Waals surface area contributed by atoms with E-state index < -0.39 is 0 Å². The Morgan fingerprint density at radius 2 is 1.86 bits per heavy atom. The van der Waals surface area contributed by atoms with E-state index in [4.69, 9.17) is 0 Å². The van der Waals surface area contributed by atoms with Crippen LogP contribution in [0.4, 0.5) is 4.39 Å². The van der Waals surface area contributed by atoms with Gasteiger partial charge in [0.25, 0.3) is 5.91 Å². The number of H-pyrrole nitrogens is 1. The fraction of sp³-hybridized carbons (Fsp3) is 0.118. The fourth-order valence-corrected chi connectivity index (χ4v) is 2.39. The molecular formula is C17H15FN2O. The van der Waals surface area contributed by atoms with Crippen LogP contribution in [0.5, 0.6) is 0 Å². The number of aromatic amines is 1. The van der Waals surface area contributed by atoms with Gasteiger partial charge in [-0.25, -0.2) is 4.39 Å². The number of aromatic nitrogens is 1. The summed E-state index contributed by atoms with van der Waals surface area (Å²) in [6, 6.07) is 12.2. The Kier molecular flexibility index (Phi) is 3.44. The molecule has 0 spiro atoms. The molecule has 3 aromatic rings. The van der Waals surface area contributed by atoms with Crippen LogP contribution in [-0.2, 0) is 0 Å². The first kappa shape index (κ1) is 13.4. The number of carbonyl (C=O) groups excluding carboxylic acids is 1. The van der Waals surface area contributed by atoms with Crippen molar-refractivity contribution >= 4 is 16.8 Å². The van der Waals surface area contributed by atoms with Gasteiger partial charge in [0.05, 0.1) is 5.56 Å². The summed E-state index contributed by atoms with van der Waals surface area (Å²) in [5, 5.41) is 3.66. The van der Waals surface area contributed by atoms with E-state index in [1.165, 1.54) is 12.1 Å². The molecule has 1 aromatic heterocycles. The van der Waals surface area contributed by atoms with Crippen molar-refractivity contribution in [2.75, 3.05) is 6.54 Å². The van der Waals surface area contributed by atoms with Gasteiger partial charge in [0, 0.05) is 23.6 Å². The van der Waals surface area contributed by atoms with Gasteiger partial charge in [-0.15, -0.1) is 0 Å².